The van der Waals surface area contributed by atoms with Crippen molar-refractivity contribution in [1.29, 1.82) is 0 Å². The zero-order chi connectivity index (χ0) is 37.0. The summed E-state index contributed by atoms with van der Waals surface area (Å²) in [6, 6.07) is 66.9. The molecule has 0 fully saturated rings. The Hall–Kier alpha value is -6.79. The van der Waals surface area contributed by atoms with Crippen molar-refractivity contribution in [3.63, 3.8) is 0 Å². The molecule has 56 heavy (non-hydrogen) atoms. The first-order chi connectivity index (χ1) is 27.7. The molecule has 3 heterocycles. The molecule has 0 bridgehead atoms. The Morgan fingerprint density at radius 1 is 0.268 bits per heavy atom. The largest absolute Gasteiger partial charge is 0.208 e. The van der Waals surface area contributed by atoms with Gasteiger partial charge in [0.05, 0.1) is 0 Å². The lowest BCUT2D eigenvalue weighted by molar-refractivity contribution is 1.07. The third-order valence-electron chi connectivity index (χ3n) is 10.6. The van der Waals surface area contributed by atoms with E-state index in [2.05, 4.69) is 164 Å². The fourth-order valence-electron chi connectivity index (χ4n) is 7.84. The lowest BCUT2D eigenvalue weighted by Crippen LogP contribution is -2.01. The SMILES string of the molecule is c1ccc(-c2ccc(-c3nc(-c4ccccc4)nc(-c4ccc(-c5cccc6sc7ccccc7c56)cc4-c4ccc5sc6ccccc6c5c4)n3)cc2)cc1. The Balaban J connectivity index is 1.14. The van der Waals surface area contributed by atoms with E-state index in [0.717, 1.165) is 38.9 Å². The number of hydrogen-bond acceptors (Lipinski definition) is 5. The van der Waals surface area contributed by atoms with E-state index in [0.29, 0.717) is 17.5 Å². The van der Waals surface area contributed by atoms with E-state index in [-0.39, 0.29) is 0 Å². The van der Waals surface area contributed by atoms with Crippen molar-refractivity contribution in [2.45, 2.75) is 0 Å². The summed E-state index contributed by atoms with van der Waals surface area (Å²) in [7, 11) is 0. The van der Waals surface area contributed by atoms with E-state index >= 15 is 0 Å². The summed E-state index contributed by atoms with van der Waals surface area (Å²) in [5.74, 6) is 1.91. The number of hydrogen-bond donors (Lipinski definition) is 0. The van der Waals surface area contributed by atoms with Crippen LogP contribution in [0, 0.1) is 0 Å². The monoisotopic (exact) mass is 749 g/mol. The van der Waals surface area contributed by atoms with Gasteiger partial charge in [0, 0.05) is 57.0 Å². The van der Waals surface area contributed by atoms with Gasteiger partial charge in [0.25, 0.3) is 0 Å². The predicted molar refractivity (Wildman–Crippen MR) is 238 cm³/mol. The topological polar surface area (TPSA) is 38.7 Å². The first-order valence-corrected chi connectivity index (χ1v) is 20.3. The summed E-state index contributed by atoms with van der Waals surface area (Å²) in [5.41, 5.74) is 9.72. The van der Waals surface area contributed by atoms with Gasteiger partial charge in [0.1, 0.15) is 0 Å². The highest BCUT2D eigenvalue weighted by molar-refractivity contribution is 7.26. The maximum Gasteiger partial charge on any atom is 0.164 e. The van der Waals surface area contributed by atoms with Crippen LogP contribution >= 0.6 is 22.7 Å². The molecule has 11 aromatic rings. The molecule has 0 unspecified atom stereocenters. The van der Waals surface area contributed by atoms with Crippen LogP contribution in [-0.2, 0) is 0 Å². The van der Waals surface area contributed by atoms with Crippen molar-refractivity contribution >= 4 is 63.0 Å². The van der Waals surface area contributed by atoms with Gasteiger partial charge in [-0.3, -0.25) is 0 Å². The van der Waals surface area contributed by atoms with Gasteiger partial charge in [-0.25, -0.2) is 15.0 Å². The Bertz CT molecular complexity index is 3240. The van der Waals surface area contributed by atoms with Crippen molar-refractivity contribution in [3.8, 4) is 67.5 Å². The average molecular weight is 750 g/mol. The normalized spacial score (nSPS) is 11.6. The number of rotatable bonds is 6. The molecule has 0 aliphatic carbocycles. The molecular formula is C51H31N3S2. The number of thiophene rings is 2. The molecule has 0 aliphatic rings. The molecule has 3 aromatic heterocycles. The average Bonchev–Trinajstić information content (AvgIpc) is 3.85. The lowest BCUT2D eigenvalue weighted by Gasteiger charge is -2.15. The molecular weight excluding hydrogens is 719 g/mol. The Morgan fingerprint density at radius 3 is 1.54 bits per heavy atom. The second-order valence-electron chi connectivity index (χ2n) is 14.0. The highest BCUT2D eigenvalue weighted by atomic mass is 32.1. The first kappa shape index (κ1) is 32.6. The number of fused-ring (bicyclic) bond motifs is 6. The predicted octanol–water partition coefficient (Wildman–Crippen LogP) is 14.6. The molecule has 0 spiro atoms. The molecule has 0 saturated heterocycles. The maximum atomic E-state index is 5.26. The van der Waals surface area contributed by atoms with Crippen molar-refractivity contribution in [2.24, 2.45) is 0 Å². The fraction of sp³-hybridized carbons (Fsp3) is 0. The van der Waals surface area contributed by atoms with Crippen LogP contribution < -0.4 is 0 Å². The Morgan fingerprint density at radius 2 is 0.768 bits per heavy atom. The van der Waals surface area contributed by atoms with Gasteiger partial charge in [0.15, 0.2) is 17.5 Å². The van der Waals surface area contributed by atoms with Crippen LogP contribution in [0.25, 0.3) is 108 Å². The standard InChI is InChI=1S/C51H31N3S2/c1-3-12-32(13-4-1)33-22-24-35(25-23-33)50-52-49(34-14-5-2-6-15-34)53-51(54-50)40-28-26-36(38-18-11-21-47-48(38)41-17-8-10-20-45(41)56-47)30-42(40)37-27-29-46-43(31-37)39-16-7-9-19-44(39)55-46/h1-31H. The zero-order valence-electron chi connectivity index (χ0n) is 30.1. The quantitative estimate of drug-likeness (QED) is 0.170. The second kappa shape index (κ2) is 13.5. The van der Waals surface area contributed by atoms with Gasteiger partial charge >= 0.3 is 0 Å². The maximum absolute atomic E-state index is 5.26. The third kappa shape index (κ3) is 5.68. The first-order valence-electron chi connectivity index (χ1n) is 18.7. The highest BCUT2D eigenvalue weighted by Gasteiger charge is 2.19. The zero-order valence-corrected chi connectivity index (χ0v) is 31.7. The fourth-order valence-corrected chi connectivity index (χ4v) is 10.1. The Kier molecular flexibility index (Phi) is 7.87. The van der Waals surface area contributed by atoms with Crippen LogP contribution in [0.5, 0.6) is 0 Å². The second-order valence-corrected chi connectivity index (χ2v) is 16.1. The molecule has 0 amide bonds. The molecule has 11 rings (SSSR count). The van der Waals surface area contributed by atoms with Crippen LogP contribution in [0.15, 0.2) is 188 Å². The van der Waals surface area contributed by atoms with Crippen LogP contribution in [0.2, 0.25) is 0 Å². The van der Waals surface area contributed by atoms with Gasteiger partial charge in [-0.05, 0) is 75.8 Å². The van der Waals surface area contributed by atoms with Crippen LogP contribution in [0.1, 0.15) is 0 Å². The number of nitrogens with zero attached hydrogens (tertiary/aromatic N) is 3. The van der Waals surface area contributed by atoms with Crippen molar-refractivity contribution in [1.82, 2.24) is 15.0 Å². The smallest absolute Gasteiger partial charge is 0.164 e. The molecule has 0 atom stereocenters. The van der Waals surface area contributed by atoms with Crippen LogP contribution in [-0.4, -0.2) is 15.0 Å². The molecule has 5 heteroatoms. The van der Waals surface area contributed by atoms with Gasteiger partial charge in [-0.15, -0.1) is 22.7 Å². The van der Waals surface area contributed by atoms with E-state index < -0.39 is 0 Å². The van der Waals surface area contributed by atoms with Crippen molar-refractivity contribution in [3.05, 3.63) is 188 Å². The minimum atomic E-state index is 0.636. The van der Waals surface area contributed by atoms with Gasteiger partial charge < -0.3 is 0 Å². The van der Waals surface area contributed by atoms with E-state index in [1.165, 1.54) is 51.5 Å². The summed E-state index contributed by atoms with van der Waals surface area (Å²) in [6.07, 6.45) is 0. The van der Waals surface area contributed by atoms with E-state index in [4.69, 9.17) is 15.0 Å². The summed E-state index contributed by atoms with van der Waals surface area (Å²) in [4.78, 5) is 15.6. The Labute approximate surface area is 331 Å². The minimum Gasteiger partial charge on any atom is -0.208 e. The van der Waals surface area contributed by atoms with E-state index in [1.54, 1.807) is 0 Å². The van der Waals surface area contributed by atoms with Crippen molar-refractivity contribution in [2.75, 3.05) is 0 Å². The molecule has 0 aliphatic heterocycles. The summed E-state index contributed by atoms with van der Waals surface area (Å²) in [5, 5.41) is 5.10. The number of aromatic nitrogens is 3. The molecule has 262 valence electrons. The molecule has 0 radical (unpaired) electrons. The third-order valence-corrected chi connectivity index (χ3v) is 12.9. The number of benzene rings is 8. The summed E-state index contributed by atoms with van der Waals surface area (Å²) >= 11 is 3.68. The molecule has 0 N–H and O–H groups in total. The van der Waals surface area contributed by atoms with E-state index in [9.17, 15) is 0 Å². The van der Waals surface area contributed by atoms with Gasteiger partial charge in [-0.2, -0.15) is 0 Å². The molecule has 0 saturated carbocycles. The van der Waals surface area contributed by atoms with Crippen LogP contribution in [0.3, 0.4) is 0 Å². The highest BCUT2D eigenvalue weighted by Crippen LogP contribution is 2.44. The lowest BCUT2D eigenvalue weighted by atomic mass is 9.91. The molecule has 8 aromatic carbocycles. The van der Waals surface area contributed by atoms with E-state index in [1.807, 2.05) is 46.9 Å². The van der Waals surface area contributed by atoms with Crippen LogP contribution in [0.4, 0.5) is 0 Å². The summed E-state index contributed by atoms with van der Waals surface area (Å²) < 4.78 is 5.14. The van der Waals surface area contributed by atoms with Gasteiger partial charge in [0.2, 0.25) is 0 Å². The minimum absolute atomic E-state index is 0.636. The van der Waals surface area contributed by atoms with Gasteiger partial charge in [-0.1, -0.05) is 146 Å². The summed E-state index contributed by atoms with van der Waals surface area (Å²) in [6.45, 7) is 0. The van der Waals surface area contributed by atoms with Crippen molar-refractivity contribution < 1.29 is 0 Å². The molecule has 3 nitrogen and oxygen atoms in total.